The minimum atomic E-state index is -0.497. The largest absolute Gasteiger partial charge is 0.424 e. The molecule has 0 saturated heterocycles. The van der Waals surface area contributed by atoms with Crippen LogP contribution >= 0.6 is 0 Å². The molecule has 0 aliphatic carbocycles. The van der Waals surface area contributed by atoms with E-state index >= 15 is 0 Å². The van der Waals surface area contributed by atoms with Crippen molar-refractivity contribution in [2.45, 2.75) is 6.54 Å². The van der Waals surface area contributed by atoms with Gasteiger partial charge in [0, 0.05) is 6.54 Å². The van der Waals surface area contributed by atoms with Gasteiger partial charge in [-0.1, -0.05) is 12.1 Å². The van der Waals surface area contributed by atoms with Crippen molar-refractivity contribution in [3.05, 3.63) is 48.0 Å². The molecule has 2 rings (SSSR count). The Kier molecular flexibility index (Phi) is 3.07. The van der Waals surface area contributed by atoms with E-state index < -0.39 is 5.82 Å². The Bertz CT molecular complexity index is 473. The molecule has 0 saturated carbocycles. The molecule has 1 aromatic heterocycles. The highest BCUT2D eigenvalue weighted by Gasteiger charge is 2.01. The molecule has 1 aromatic carbocycles. The van der Waals surface area contributed by atoms with Crippen LogP contribution in [0.25, 0.3) is 0 Å². The average Bonchev–Trinajstić information content (AvgIpc) is 2.32. The molecule has 0 aliphatic rings. The van der Waals surface area contributed by atoms with Crippen molar-refractivity contribution in [1.82, 2.24) is 9.97 Å². The van der Waals surface area contributed by atoms with Crippen LogP contribution in [0.15, 0.2) is 36.7 Å². The first-order valence-electron chi connectivity index (χ1n) is 4.72. The molecular weight excluding hydrogens is 209 g/mol. The molecule has 0 spiro atoms. The first kappa shape index (κ1) is 10.5. The van der Waals surface area contributed by atoms with E-state index in [9.17, 15) is 4.39 Å². The lowest BCUT2D eigenvalue weighted by Gasteiger charge is -2.04. The third-order valence-corrected chi connectivity index (χ3v) is 1.94. The van der Waals surface area contributed by atoms with E-state index in [4.69, 9.17) is 10.5 Å². The predicted octanol–water partition coefficient (Wildman–Crippen LogP) is 1.87. The van der Waals surface area contributed by atoms with Gasteiger partial charge < -0.3 is 10.5 Å². The van der Waals surface area contributed by atoms with Crippen LogP contribution in [0.3, 0.4) is 0 Å². The number of aromatic nitrogens is 2. The first-order chi connectivity index (χ1) is 7.78. The summed E-state index contributed by atoms with van der Waals surface area (Å²) in [6, 6.07) is 7.36. The Morgan fingerprint density at radius 3 is 2.69 bits per heavy atom. The first-order valence-corrected chi connectivity index (χ1v) is 4.72. The zero-order chi connectivity index (χ0) is 11.4. The van der Waals surface area contributed by atoms with Crippen molar-refractivity contribution in [2.75, 3.05) is 0 Å². The summed E-state index contributed by atoms with van der Waals surface area (Å²) in [5.74, 6) is 0.0811. The average molecular weight is 219 g/mol. The highest BCUT2D eigenvalue weighted by atomic mass is 19.1. The van der Waals surface area contributed by atoms with Crippen molar-refractivity contribution in [1.29, 1.82) is 0 Å². The summed E-state index contributed by atoms with van der Waals surface area (Å²) < 4.78 is 17.9. The smallest absolute Gasteiger partial charge is 0.322 e. The molecule has 1 heterocycles. The van der Waals surface area contributed by atoms with Crippen LogP contribution in [0, 0.1) is 5.82 Å². The molecule has 0 amide bonds. The van der Waals surface area contributed by atoms with E-state index in [1.165, 1.54) is 0 Å². The molecule has 5 heteroatoms. The van der Waals surface area contributed by atoms with E-state index in [0.29, 0.717) is 12.3 Å². The van der Waals surface area contributed by atoms with E-state index in [1.54, 1.807) is 12.1 Å². The van der Waals surface area contributed by atoms with Crippen LogP contribution in [-0.4, -0.2) is 9.97 Å². The molecule has 0 bridgehead atoms. The Morgan fingerprint density at radius 2 is 2.00 bits per heavy atom. The Hall–Kier alpha value is -2.01. The number of ether oxygens (including phenoxy) is 1. The number of rotatable bonds is 3. The molecule has 0 aliphatic heterocycles. The van der Waals surface area contributed by atoms with E-state index in [1.807, 2.05) is 12.1 Å². The SMILES string of the molecule is NCc1cccc(Oc2ncc(F)cn2)c1. The van der Waals surface area contributed by atoms with Gasteiger partial charge in [0.25, 0.3) is 0 Å². The van der Waals surface area contributed by atoms with Crippen molar-refractivity contribution in [2.24, 2.45) is 5.73 Å². The number of hydrogen-bond acceptors (Lipinski definition) is 4. The molecule has 0 unspecified atom stereocenters. The van der Waals surface area contributed by atoms with Gasteiger partial charge in [-0.3, -0.25) is 0 Å². The highest BCUT2D eigenvalue weighted by molar-refractivity contribution is 5.30. The number of nitrogens with two attached hydrogens (primary N) is 1. The van der Waals surface area contributed by atoms with Crippen molar-refractivity contribution in [3.8, 4) is 11.8 Å². The van der Waals surface area contributed by atoms with Gasteiger partial charge in [-0.25, -0.2) is 14.4 Å². The normalized spacial score (nSPS) is 10.1. The summed E-state index contributed by atoms with van der Waals surface area (Å²) in [7, 11) is 0. The number of benzene rings is 1. The molecule has 82 valence electrons. The second kappa shape index (κ2) is 4.67. The number of halogens is 1. The summed E-state index contributed by atoms with van der Waals surface area (Å²) in [5, 5.41) is 0. The Balaban J connectivity index is 2.16. The van der Waals surface area contributed by atoms with E-state index in [-0.39, 0.29) is 6.01 Å². The topological polar surface area (TPSA) is 61.0 Å². The van der Waals surface area contributed by atoms with Gasteiger partial charge in [-0.2, -0.15) is 0 Å². The van der Waals surface area contributed by atoms with Crippen molar-refractivity contribution < 1.29 is 9.13 Å². The van der Waals surface area contributed by atoms with Gasteiger partial charge in [-0.05, 0) is 17.7 Å². The molecule has 0 radical (unpaired) electrons. The lowest BCUT2D eigenvalue weighted by atomic mass is 10.2. The fraction of sp³-hybridized carbons (Fsp3) is 0.0909. The Morgan fingerprint density at radius 1 is 1.25 bits per heavy atom. The zero-order valence-electron chi connectivity index (χ0n) is 8.43. The maximum absolute atomic E-state index is 12.5. The van der Waals surface area contributed by atoms with Crippen molar-refractivity contribution >= 4 is 0 Å². The predicted molar refractivity (Wildman–Crippen MR) is 56.4 cm³/mol. The van der Waals surface area contributed by atoms with Gasteiger partial charge in [0.2, 0.25) is 0 Å². The van der Waals surface area contributed by atoms with Crippen molar-refractivity contribution in [3.63, 3.8) is 0 Å². The molecule has 0 atom stereocenters. The minimum absolute atomic E-state index is 0.107. The van der Waals surface area contributed by atoms with Gasteiger partial charge in [0.1, 0.15) is 5.75 Å². The lowest BCUT2D eigenvalue weighted by Crippen LogP contribution is -1.97. The lowest BCUT2D eigenvalue weighted by molar-refractivity contribution is 0.435. The molecule has 16 heavy (non-hydrogen) atoms. The summed E-state index contributed by atoms with van der Waals surface area (Å²) in [5.41, 5.74) is 6.44. The molecule has 4 nitrogen and oxygen atoms in total. The monoisotopic (exact) mass is 219 g/mol. The molecule has 0 fully saturated rings. The van der Waals surface area contributed by atoms with Gasteiger partial charge in [-0.15, -0.1) is 0 Å². The summed E-state index contributed by atoms with van der Waals surface area (Å²) >= 11 is 0. The van der Waals surface area contributed by atoms with Crippen LogP contribution in [0.5, 0.6) is 11.8 Å². The third kappa shape index (κ3) is 2.52. The summed E-state index contributed by atoms with van der Waals surface area (Å²) in [4.78, 5) is 7.38. The maximum Gasteiger partial charge on any atom is 0.322 e. The molecule has 2 N–H and O–H groups in total. The van der Waals surface area contributed by atoms with Gasteiger partial charge in [0.15, 0.2) is 5.82 Å². The number of nitrogens with zero attached hydrogens (tertiary/aromatic N) is 2. The second-order valence-electron chi connectivity index (χ2n) is 3.14. The van der Waals surface area contributed by atoms with E-state index in [0.717, 1.165) is 18.0 Å². The van der Waals surface area contributed by atoms with Gasteiger partial charge >= 0.3 is 6.01 Å². The Labute approximate surface area is 91.9 Å². The minimum Gasteiger partial charge on any atom is -0.424 e. The van der Waals surface area contributed by atoms with Crippen LogP contribution in [0.1, 0.15) is 5.56 Å². The second-order valence-corrected chi connectivity index (χ2v) is 3.14. The van der Waals surface area contributed by atoms with Gasteiger partial charge in [0.05, 0.1) is 12.4 Å². The highest BCUT2D eigenvalue weighted by Crippen LogP contribution is 2.18. The number of hydrogen-bond donors (Lipinski definition) is 1. The fourth-order valence-electron chi connectivity index (χ4n) is 1.19. The zero-order valence-corrected chi connectivity index (χ0v) is 8.43. The van der Waals surface area contributed by atoms with Crippen LogP contribution in [-0.2, 0) is 6.54 Å². The molecular formula is C11H10FN3O. The van der Waals surface area contributed by atoms with Crippen LogP contribution < -0.4 is 10.5 Å². The van der Waals surface area contributed by atoms with E-state index in [2.05, 4.69) is 9.97 Å². The van der Waals surface area contributed by atoms with Crippen LogP contribution in [0.4, 0.5) is 4.39 Å². The standard InChI is InChI=1S/C11H10FN3O/c12-9-6-14-11(15-7-9)16-10-3-1-2-8(4-10)5-13/h1-4,6-7H,5,13H2. The quantitative estimate of drug-likeness (QED) is 0.855. The maximum atomic E-state index is 12.5. The molecule has 2 aromatic rings. The fourth-order valence-corrected chi connectivity index (χ4v) is 1.19. The summed E-state index contributed by atoms with van der Waals surface area (Å²) in [6.45, 7) is 0.432. The third-order valence-electron chi connectivity index (χ3n) is 1.94. The van der Waals surface area contributed by atoms with Crippen LogP contribution in [0.2, 0.25) is 0 Å². The summed E-state index contributed by atoms with van der Waals surface area (Å²) in [6.07, 6.45) is 2.10.